The molecule has 0 spiro atoms. The summed E-state index contributed by atoms with van der Waals surface area (Å²) in [7, 11) is 0. The van der Waals surface area contributed by atoms with Gasteiger partial charge >= 0.3 is 5.97 Å². The molecule has 21 heavy (non-hydrogen) atoms. The van der Waals surface area contributed by atoms with Gasteiger partial charge in [-0.2, -0.15) is 0 Å². The molecule has 1 aliphatic rings. The molecule has 1 aliphatic carbocycles. The van der Waals surface area contributed by atoms with Crippen LogP contribution in [0.1, 0.15) is 22.8 Å². The van der Waals surface area contributed by atoms with Crippen molar-refractivity contribution in [3.05, 3.63) is 38.9 Å². The molecule has 1 aromatic carbocycles. The number of aromatic carboxylic acids is 1. The third-order valence-corrected chi connectivity index (χ3v) is 3.89. The summed E-state index contributed by atoms with van der Waals surface area (Å²) < 4.78 is 28.3. The van der Waals surface area contributed by atoms with Gasteiger partial charge in [0.2, 0.25) is 5.43 Å². The summed E-state index contributed by atoms with van der Waals surface area (Å²) in [5.74, 6) is -2.40. The molecule has 0 aliphatic heterocycles. The van der Waals surface area contributed by atoms with Crippen LogP contribution < -0.4 is 11.2 Å². The van der Waals surface area contributed by atoms with Crippen LogP contribution in [0.25, 0.3) is 10.9 Å². The van der Waals surface area contributed by atoms with Crippen molar-refractivity contribution >= 4 is 34.2 Å². The molecule has 0 bridgehead atoms. The number of halogens is 3. The number of anilines is 1. The van der Waals surface area contributed by atoms with Crippen LogP contribution in [0.3, 0.4) is 0 Å². The first-order valence-electron chi connectivity index (χ1n) is 6.02. The molecule has 0 radical (unpaired) electrons. The number of pyridine rings is 1. The number of fused-ring (bicyclic) bond motifs is 1. The predicted molar refractivity (Wildman–Crippen MR) is 73.1 cm³/mol. The van der Waals surface area contributed by atoms with E-state index in [0.717, 1.165) is 12.3 Å². The Morgan fingerprint density at radius 1 is 1.52 bits per heavy atom. The van der Waals surface area contributed by atoms with E-state index in [-0.39, 0.29) is 28.0 Å². The van der Waals surface area contributed by atoms with Crippen LogP contribution in [-0.2, 0) is 0 Å². The number of hydrogen-bond acceptors (Lipinski definition) is 3. The van der Waals surface area contributed by atoms with Crippen LogP contribution in [-0.4, -0.2) is 21.8 Å². The standard InChI is InChI=1S/C13H9ClF2N2O3/c14-9-10(17)7(16)1-4-11(9)18(8-2-6(8)15)3-5(12(4)19)13(20)21/h1,3,6,8H,2,17H2,(H,20,21). The Balaban J connectivity index is 2.49. The molecule has 1 heterocycles. The lowest BCUT2D eigenvalue weighted by atomic mass is 10.1. The molecule has 3 N–H and O–H groups in total. The average Bonchev–Trinajstić information content (AvgIpc) is 3.14. The van der Waals surface area contributed by atoms with Crippen LogP contribution in [0.4, 0.5) is 14.5 Å². The third kappa shape index (κ3) is 1.96. The Labute approximate surface area is 121 Å². The van der Waals surface area contributed by atoms with Gasteiger partial charge in [-0.05, 0) is 6.07 Å². The number of carboxylic acid groups (broad SMARTS) is 1. The average molecular weight is 315 g/mol. The fraction of sp³-hybridized carbons (Fsp3) is 0.231. The lowest BCUT2D eigenvalue weighted by Crippen LogP contribution is -2.19. The highest BCUT2D eigenvalue weighted by molar-refractivity contribution is 6.37. The largest absolute Gasteiger partial charge is 0.477 e. The number of nitrogen functional groups attached to an aromatic ring is 1. The summed E-state index contributed by atoms with van der Waals surface area (Å²) in [6, 6.07) is 0.200. The van der Waals surface area contributed by atoms with Crippen molar-refractivity contribution in [3.8, 4) is 0 Å². The molecule has 2 aromatic rings. The maximum Gasteiger partial charge on any atom is 0.341 e. The molecule has 3 rings (SSSR count). The second-order valence-electron chi connectivity index (χ2n) is 4.89. The molecule has 1 aromatic heterocycles. The fourth-order valence-electron chi connectivity index (χ4n) is 2.31. The third-order valence-electron chi connectivity index (χ3n) is 3.51. The smallest absolute Gasteiger partial charge is 0.341 e. The summed E-state index contributed by atoms with van der Waals surface area (Å²) in [5, 5.41) is 8.60. The summed E-state index contributed by atoms with van der Waals surface area (Å²) >= 11 is 5.97. The Morgan fingerprint density at radius 2 is 2.14 bits per heavy atom. The normalized spacial score (nSPS) is 20.7. The number of hydrogen-bond donors (Lipinski definition) is 2. The Morgan fingerprint density at radius 3 is 2.67 bits per heavy atom. The predicted octanol–water partition coefficient (Wildman–Crippen LogP) is 2.36. The van der Waals surface area contributed by atoms with Gasteiger partial charge in [0.1, 0.15) is 17.6 Å². The van der Waals surface area contributed by atoms with E-state index in [0.29, 0.717) is 0 Å². The first-order valence-corrected chi connectivity index (χ1v) is 6.40. The van der Waals surface area contributed by atoms with E-state index >= 15 is 0 Å². The van der Waals surface area contributed by atoms with Gasteiger partial charge in [-0.15, -0.1) is 0 Å². The van der Waals surface area contributed by atoms with Crippen LogP contribution in [0.5, 0.6) is 0 Å². The number of alkyl halides is 1. The van der Waals surface area contributed by atoms with Gasteiger partial charge < -0.3 is 15.4 Å². The lowest BCUT2D eigenvalue weighted by Gasteiger charge is -2.14. The number of rotatable bonds is 2. The van der Waals surface area contributed by atoms with E-state index < -0.39 is 35.0 Å². The number of nitrogens with zero attached hydrogens (tertiary/aromatic N) is 1. The molecular formula is C13H9ClF2N2O3. The number of benzene rings is 1. The Kier molecular flexibility index (Phi) is 2.91. The highest BCUT2D eigenvalue weighted by Gasteiger charge is 2.40. The lowest BCUT2D eigenvalue weighted by molar-refractivity contribution is 0.0694. The summed E-state index contributed by atoms with van der Waals surface area (Å²) in [4.78, 5) is 23.2. The SMILES string of the molecule is Nc1c(F)cc2c(=O)c(C(=O)O)cn(C3CC3F)c2c1Cl. The van der Waals surface area contributed by atoms with Crippen LogP contribution in [0.15, 0.2) is 17.1 Å². The summed E-state index contributed by atoms with van der Waals surface area (Å²) in [5.41, 5.74) is 3.72. The van der Waals surface area contributed by atoms with Crippen molar-refractivity contribution in [1.82, 2.24) is 4.57 Å². The zero-order valence-corrected chi connectivity index (χ0v) is 11.2. The molecule has 8 heteroatoms. The fourth-order valence-corrected chi connectivity index (χ4v) is 2.60. The molecule has 110 valence electrons. The number of carbonyl (C=O) groups is 1. The second kappa shape index (κ2) is 4.42. The van der Waals surface area contributed by atoms with Crippen LogP contribution in [0, 0.1) is 5.82 Å². The van der Waals surface area contributed by atoms with Crippen molar-refractivity contribution in [2.45, 2.75) is 18.6 Å². The molecule has 2 atom stereocenters. The maximum absolute atomic E-state index is 13.7. The van der Waals surface area contributed by atoms with Gasteiger partial charge in [0.05, 0.1) is 27.7 Å². The number of carboxylic acids is 1. The highest BCUT2D eigenvalue weighted by atomic mass is 35.5. The Bertz CT molecular complexity index is 850. The van der Waals surface area contributed by atoms with E-state index in [1.54, 1.807) is 0 Å². The number of aromatic nitrogens is 1. The zero-order chi connectivity index (χ0) is 15.5. The molecule has 2 unspecified atom stereocenters. The maximum atomic E-state index is 13.7. The first-order chi connectivity index (χ1) is 9.82. The second-order valence-corrected chi connectivity index (χ2v) is 5.26. The van der Waals surface area contributed by atoms with Crippen molar-refractivity contribution in [2.75, 3.05) is 5.73 Å². The van der Waals surface area contributed by atoms with E-state index in [4.69, 9.17) is 22.4 Å². The van der Waals surface area contributed by atoms with Gasteiger partial charge in [-0.3, -0.25) is 4.79 Å². The van der Waals surface area contributed by atoms with E-state index in [1.807, 2.05) is 0 Å². The minimum absolute atomic E-state index is 0.0516. The summed E-state index contributed by atoms with van der Waals surface area (Å²) in [6.45, 7) is 0. The van der Waals surface area contributed by atoms with E-state index in [9.17, 15) is 18.4 Å². The Hall–Kier alpha value is -2.15. The molecule has 1 saturated carbocycles. The van der Waals surface area contributed by atoms with Crippen LogP contribution in [0.2, 0.25) is 5.02 Å². The van der Waals surface area contributed by atoms with Gasteiger partial charge in [-0.1, -0.05) is 11.6 Å². The van der Waals surface area contributed by atoms with E-state index in [1.165, 1.54) is 4.57 Å². The van der Waals surface area contributed by atoms with Gasteiger partial charge in [0.15, 0.2) is 0 Å². The van der Waals surface area contributed by atoms with Gasteiger partial charge in [0.25, 0.3) is 0 Å². The minimum atomic E-state index is -1.47. The van der Waals surface area contributed by atoms with Gasteiger partial charge in [0, 0.05) is 12.6 Å². The molecule has 0 saturated heterocycles. The highest BCUT2D eigenvalue weighted by Crippen LogP contribution is 2.42. The monoisotopic (exact) mass is 314 g/mol. The first kappa shape index (κ1) is 13.8. The van der Waals surface area contributed by atoms with Crippen molar-refractivity contribution in [1.29, 1.82) is 0 Å². The van der Waals surface area contributed by atoms with Crippen molar-refractivity contribution in [2.24, 2.45) is 0 Å². The molecular weight excluding hydrogens is 306 g/mol. The minimum Gasteiger partial charge on any atom is -0.477 e. The quantitative estimate of drug-likeness (QED) is 0.833. The van der Waals surface area contributed by atoms with Gasteiger partial charge in [-0.25, -0.2) is 13.6 Å². The topological polar surface area (TPSA) is 85.3 Å². The molecule has 5 nitrogen and oxygen atoms in total. The molecule has 1 fully saturated rings. The molecule has 0 amide bonds. The van der Waals surface area contributed by atoms with Crippen molar-refractivity contribution < 1.29 is 18.7 Å². The summed E-state index contributed by atoms with van der Waals surface area (Å²) in [6.07, 6.45) is 0.0326. The van der Waals surface area contributed by atoms with Crippen LogP contribution >= 0.6 is 11.6 Å². The zero-order valence-electron chi connectivity index (χ0n) is 10.4. The van der Waals surface area contributed by atoms with E-state index in [2.05, 4.69) is 0 Å². The number of nitrogens with two attached hydrogens (primary N) is 1. The van der Waals surface area contributed by atoms with Crippen molar-refractivity contribution in [3.63, 3.8) is 0 Å².